The molecule has 226 valence electrons. The maximum atomic E-state index is 12.6. The van der Waals surface area contributed by atoms with Gasteiger partial charge in [0.2, 0.25) is 0 Å². The van der Waals surface area contributed by atoms with Crippen LogP contribution in [0.25, 0.3) is 12.2 Å². The molecular weight excluding hydrogens is 554 g/mol. The SMILES string of the molecule is CNC[C@@]1(OCC(=O)/C=C/c2ccc(O)c(O)c2)C[C@](OCC(=O)/C=C/c2ccc(O)c(O)c2)(C(=O)O)C[C@@H](O)[C@H]1O. The first-order valence-electron chi connectivity index (χ1n) is 12.8. The Morgan fingerprint density at radius 3 is 1.81 bits per heavy atom. The second-order valence-corrected chi connectivity index (χ2v) is 9.96. The molecule has 13 heteroatoms. The van der Waals surface area contributed by atoms with Crippen LogP contribution in [0.3, 0.4) is 0 Å². The lowest BCUT2D eigenvalue weighted by molar-refractivity contribution is -0.236. The van der Waals surface area contributed by atoms with E-state index in [1.165, 1.54) is 55.6 Å². The molecule has 0 amide bonds. The van der Waals surface area contributed by atoms with Crippen molar-refractivity contribution in [2.75, 3.05) is 26.8 Å². The summed E-state index contributed by atoms with van der Waals surface area (Å²) in [6, 6.07) is 7.80. The lowest BCUT2D eigenvalue weighted by Gasteiger charge is -2.49. The average molecular weight is 588 g/mol. The molecule has 1 aliphatic rings. The minimum absolute atomic E-state index is 0.190. The number of carboxylic acid groups (broad SMARTS) is 1. The van der Waals surface area contributed by atoms with Crippen LogP contribution in [0, 0.1) is 0 Å². The molecule has 0 aliphatic heterocycles. The van der Waals surface area contributed by atoms with Crippen LogP contribution >= 0.6 is 0 Å². The van der Waals surface area contributed by atoms with E-state index in [0.29, 0.717) is 11.1 Å². The molecule has 0 spiro atoms. The normalized spacial score (nSPS) is 24.3. The fourth-order valence-corrected chi connectivity index (χ4v) is 4.64. The van der Waals surface area contributed by atoms with Crippen LogP contribution in [0.5, 0.6) is 23.0 Å². The second kappa shape index (κ2) is 13.6. The maximum absolute atomic E-state index is 12.6. The number of hydrogen-bond donors (Lipinski definition) is 8. The molecule has 0 aromatic heterocycles. The zero-order valence-electron chi connectivity index (χ0n) is 22.6. The number of aromatic hydroxyl groups is 4. The van der Waals surface area contributed by atoms with Crippen LogP contribution in [-0.2, 0) is 23.9 Å². The summed E-state index contributed by atoms with van der Waals surface area (Å²) >= 11 is 0. The summed E-state index contributed by atoms with van der Waals surface area (Å²) in [5.41, 5.74) is -3.20. The molecule has 2 aromatic carbocycles. The quantitative estimate of drug-likeness (QED) is 0.120. The van der Waals surface area contributed by atoms with Gasteiger partial charge < -0.3 is 50.5 Å². The van der Waals surface area contributed by atoms with Gasteiger partial charge in [0, 0.05) is 19.4 Å². The van der Waals surface area contributed by atoms with Gasteiger partial charge in [-0.25, -0.2) is 4.79 Å². The van der Waals surface area contributed by atoms with Crippen molar-refractivity contribution in [3.8, 4) is 23.0 Å². The molecule has 0 radical (unpaired) electrons. The van der Waals surface area contributed by atoms with Crippen LogP contribution in [0.4, 0.5) is 0 Å². The second-order valence-electron chi connectivity index (χ2n) is 9.96. The molecule has 0 unspecified atom stereocenters. The van der Waals surface area contributed by atoms with Crippen molar-refractivity contribution in [1.29, 1.82) is 0 Å². The van der Waals surface area contributed by atoms with Gasteiger partial charge in [0.25, 0.3) is 0 Å². The number of aliphatic carboxylic acids is 1. The van der Waals surface area contributed by atoms with Gasteiger partial charge in [-0.15, -0.1) is 0 Å². The van der Waals surface area contributed by atoms with Gasteiger partial charge in [0.1, 0.15) is 24.9 Å². The Kier molecular flexibility index (Phi) is 10.4. The van der Waals surface area contributed by atoms with Gasteiger partial charge in [-0.05, 0) is 54.6 Å². The van der Waals surface area contributed by atoms with E-state index in [-0.39, 0.29) is 23.8 Å². The fraction of sp³-hybridized carbons (Fsp3) is 0.345. The van der Waals surface area contributed by atoms with Gasteiger partial charge >= 0.3 is 5.97 Å². The number of ether oxygens (including phenoxy) is 2. The van der Waals surface area contributed by atoms with Gasteiger partial charge in [0.15, 0.2) is 40.2 Å². The number of carboxylic acids is 1. The highest BCUT2D eigenvalue weighted by molar-refractivity contribution is 5.95. The number of aliphatic hydroxyl groups is 2. The van der Waals surface area contributed by atoms with Crippen LogP contribution in [0.1, 0.15) is 24.0 Å². The van der Waals surface area contributed by atoms with Crippen LogP contribution in [-0.4, -0.2) is 103 Å². The molecule has 4 atom stereocenters. The topological polar surface area (TPSA) is 223 Å². The van der Waals surface area contributed by atoms with Crippen LogP contribution in [0.15, 0.2) is 48.6 Å². The highest BCUT2D eigenvalue weighted by atomic mass is 16.5. The van der Waals surface area contributed by atoms with E-state index in [9.17, 15) is 50.1 Å². The lowest BCUT2D eigenvalue weighted by atomic mass is 9.71. The van der Waals surface area contributed by atoms with Crippen molar-refractivity contribution >= 4 is 29.7 Å². The van der Waals surface area contributed by atoms with E-state index in [1.807, 2.05) is 0 Å². The average Bonchev–Trinajstić information content (AvgIpc) is 2.94. The zero-order valence-corrected chi connectivity index (χ0v) is 22.6. The molecule has 0 saturated heterocycles. The molecular formula is C29H33NO12. The molecule has 8 N–H and O–H groups in total. The molecule has 1 fully saturated rings. The molecule has 0 bridgehead atoms. The van der Waals surface area contributed by atoms with Gasteiger partial charge in [-0.1, -0.05) is 24.3 Å². The Bertz CT molecular complexity index is 1370. The number of aliphatic hydroxyl groups excluding tert-OH is 2. The van der Waals surface area contributed by atoms with Crippen molar-refractivity contribution in [3.63, 3.8) is 0 Å². The molecule has 2 aromatic rings. The first kappa shape index (κ1) is 32.2. The highest BCUT2D eigenvalue weighted by Crippen LogP contribution is 2.41. The summed E-state index contributed by atoms with van der Waals surface area (Å²) in [7, 11) is 1.50. The molecule has 13 nitrogen and oxygen atoms in total. The van der Waals surface area contributed by atoms with Crippen molar-refractivity contribution in [2.24, 2.45) is 0 Å². The van der Waals surface area contributed by atoms with E-state index in [1.54, 1.807) is 0 Å². The number of carbonyl (C=O) groups excluding carboxylic acids is 2. The number of nitrogens with one attached hydrogen (secondary N) is 1. The zero-order chi connectivity index (χ0) is 31.1. The van der Waals surface area contributed by atoms with Crippen molar-refractivity contribution < 1.29 is 59.6 Å². The number of ketones is 2. The molecule has 1 aliphatic carbocycles. The smallest absolute Gasteiger partial charge is 0.336 e. The number of likely N-dealkylation sites (N-methyl/N-ethyl adjacent to an activating group) is 1. The Morgan fingerprint density at radius 2 is 1.36 bits per heavy atom. The predicted molar refractivity (Wildman–Crippen MR) is 148 cm³/mol. The predicted octanol–water partition coefficient (Wildman–Crippen LogP) is 0.704. The van der Waals surface area contributed by atoms with Crippen molar-refractivity contribution in [2.45, 2.75) is 36.3 Å². The number of hydrogen-bond acceptors (Lipinski definition) is 12. The number of rotatable bonds is 13. The monoisotopic (exact) mass is 587 g/mol. The van der Waals surface area contributed by atoms with Crippen molar-refractivity contribution in [1.82, 2.24) is 5.32 Å². The third kappa shape index (κ3) is 7.72. The lowest BCUT2D eigenvalue weighted by Crippen LogP contribution is -2.67. The Labute approximate surface area is 240 Å². The molecule has 0 heterocycles. The first-order chi connectivity index (χ1) is 19.8. The molecule has 42 heavy (non-hydrogen) atoms. The molecule has 3 rings (SSSR count). The number of phenols is 4. The summed E-state index contributed by atoms with van der Waals surface area (Å²) in [5, 5.41) is 72.4. The molecule has 1 saturated carbocycles. The van der Waals surface area contributed by atoms with E-state index in [0.717, 1.165) is 12.2 Å². The van der Waals surface area contributed by atoms with E-state index >= 15 is 0 Å². The standard InChI is InChI=1S/C29H33NO12/c1-30-16-29(42-14-20(32)7-3-18-5-9-22(34)24(36)11-18)15-28(27(39)40,12-25(37)26(29)38)41-13-19(31)6-2-17-4-8-21(33)23(35)10-17/h2-11,25-26,30,33-38H,12-16H2,1H3,(H,39,40)/b6-2+,7-3+/t25-,26-,28+,29+/m1/s1. The largest absolute Gasteiger partial charge is 0.504 e. The maximum Gasteiger partial charge on any atom is 0.336 e. The van der Waals surface area contributed by atoms with Crippen LogP contribution in [0.2, 0.25) is 0 Å². The van der Waals surface area contributed by atoms with Gasteiger partial charge in [-0.3, -0.25) is 9.59 Å². The van der Waals surface area contributed by atoms with Gasteiger partial charge in [-0.2, -0.15) is 0 Å². The third-order valence-electron chi connectivity index (χ3n) is 6.81. The minimum atomic E-state index is -2.17. The fourth-order valence-electron chi connectivity index (χ4n) is 4.64. The van der Waals surface area contributed by atoms with E-state index in [4.69, 9.17) is 9.47 Å². The van der Waals surface area contributed by atoms with Crippen molar-refractivity contribution in [3.05, 3.63) is 59.7 Å². The first-order valence-corrected chi connectivity index (χ1v) is 12.8. The Hall–Kier alpha value is -4.27. The summed E-state index contributed by atoms with van der Waals surface area (Å²) in [4.78, 5) is 37.5. The summed E-state index contributed by atoms with van der Waals surface area (Å²) in [5.74, 6) is -4.21. The Morgan fingerprint density at radius 1 is 0.857 bits per heavy atom. The third-order valence-corrected chi connectivity index (χ3v) is 6.81. The summed E-state index contributed by atoms with van der Waals surface area (Å²) < 4.78 is 11.3. The summed E-state index contributed by atoms with van der Waals surface area (Å²) in [6.45, 7) is -1.53. The minimum Gasteiger partial charge on any atom is -0.504 e. The van der Waals surface area contributed by atoms with Crippen LogP contribution < -0.4 is 5.32 Å². The van der Waals surface area contributed by atoms with Gasteiger partial charge in [0.05, 0.1) is 6.10 Å². The number of benzene rings is 2. The highest BCUT2D eigenvalue weighted by Gasteiger charge is 2.59. The summed E-state index contributed by atoms with van der Waals surface area (Å²) in [6.07, 6.45) is 0.523. The van der Waals surface area contributed by atoms with E-state index in [2.05, 4.69) is 5.32 Å². The Balaban J connectivity index is 1.75. The van der Waals surface area contributed by atoms with E-state index < -0.39 is 72.8 Å². The number of phenolic OH excluding ortho intramolecular Hbond substituents is 4. The number of carbonyl (C=O) groups is 3.